The molecule has 3 aromatic carbocycles. The molecule has 1 unspecified atom stereocenters. The average Bonchev–Trinajstić information content (AvgIpc) is 3.28. The maximum Gasteiger partial charge on any atom is 0.304 e. The van der Waals surface area contributed by atoms with Crippen molar-refractivity contribution in [1.29, 1.82) is 0 Å². The number of hydrogen-bond acceptors (Lipinski definition) is 3. The van der Waals surface area contributed by atoms with Gasteiger partial charge in [-0.1, -0.05) is 54.1 Å². The Morgan fingerprint density at radius 3 is 2.73 bits per heavy atom. The third-order valence-corrected chi connectivity index (χ3v) is 8.11. The molecule has 1 aliphatic rings. The van der Waals surface area contributed by atoms with Crippen LogP contribution in [0.15, 0.2) is 85.5 Å². The molecule has 0 amide bonds. The fourth-order valence-electron chi connectivity index (χ4n) is 6.16. The molecule has 1 N–H and O–H groups in total. The number of fused-ring (bicyclic) bond motifs is 4. The second-order valence-corrected chi connectivity index (χ2v) is 10.9. The SMILES string of the molecule is C=CCc1c(OCc2ccc3ccccc3n2)ccc2c1c1c(n2Cc2ccc(Cl)cc2)C(CC(=O)O)CCC1. The molecule has 0 saturated heterocycles. The molecular weight excluding hydrogens is 520 g/mol. The van der Waals surface area contributed by atoms with Crippen LogP contribution >= 0.6 is 11.6 Å². The normalized spacial score (nSPS) is 14.8. The Hall–Kier alpha value is -4.09. The summed E-state index contributed by atoms with van der Waals surface area (Å²) < 4.78 is 8.75. The smallest absolute Gasteiger partial charge is 0.304 e. The van der Waals surface area contributed by atoms with Gasteiger partial charge >= 0.3 is 5.97 Å². The maximum absolute atomic E-state index is 11.9. The summed E-state index contributed by atoms with van der Waals surface area (Å²) in [6, 6.07) is 24.2. The Morgan fingerprint density at radius 2 is 1.93 bits per heavy atom. The van der Waals surface area contributed by atoms with Gasteiger partial charge in [0.25, 0.3) is 0 Å². The number of benzene rings is 3. The molecule has 5 nitrogen and oxygen atoms in total. The van der Waals surface area contributed by atoms with E-state index in [9.17, 15) is 9.90 Å². The lowest BCUT2D eigenvalue weighted by Crippen LogP contribution is -2.17. The van der Waals surface area contributed by atoms with Crippen molar-refractivity contribution in [2.45, 2.75) is 51.2 Å². The second-order valence-electron chi connectivity index (χ2n) is 10.5. The quantitative estimate of drug-likeness (QED) is 0.188. The standard InChI is InChI=1S/C34H31ClN2O3/c1-2-6-27-31(40-21-26-16-13-23-7-3-4-10-29(23)36-26)18-17-30-33(27)28-9-5-8-24(19-32(38)39)34(28)37(30)20-22-11-14-25(35)15-12-22/h2-4,7,10-18,24H,1,5-6,8-9,19-21H2,(H,38,39). The highest BCUT2D eigenvalue weighted by atomic mass is 35.5. The molecular formula is C34H31ClN2O3. The monoisotopic (exact) mass is 550 g/mol. The number of aryl methyl sites for hydroxylation is 1. The Bertz CT molecular complexity index is 1720. The lowest BCUT2D eigenvalue weighted by atomic mass is 9.83. The van der Waals surface area contributed by atoms with Crippen LogP contribution in [0.25, 0.3) is 21.8 Å². The van der Waals surface area contributed by atoms with Gasteiger partial charge in [0.2, 0.25) is 0 Å². The van der Waals surface area contributed by atoms with E-state index in [0.717, 1.165) is 63.9 Å². The number of halogens is 1. The maximum atomic E-state index is 11.9. The summed E-state index contributed by atoms with van der Waals surface area (Å²) in [5, 5.41) is 12.7. The van der Waals surface area contributed by atoms with E-state index in [-0.39, 0.29) is 12.3 Å². The summed E-state index contributed by atoms with van der Waals surface area (Å²) in [6.45, 7) is 5.04. The fourth-order valence-corrected chi connectivity index (χ4v) is 6.28. The van der Waals surface area contributed by atoms with Crippen LogP contribution in [0.2, 0.25) is 5.02 Å². The first kappa shape index (κ1) is 26.1. The van der Waals surface area contributed by atoms with Crippen molar-refractivity contribution in [3.05, 3.63) is 119 Å². The van der Waals surface area contributed by atoms with E-state index in [4.69, 9.17) is 21.3 Å². The summed E-state index contributed by atoms with van der Waals surface area (Å²) >= 11 is 6.16. The molecule has 1 aliphatic carbocycles. The minimum Gasteiger partial charge on any atom is -0.487 e. The number of aliphatic carboxylic acids is 1. The summed E-state index contributed by atoms with van der Waals surface area (Å²) in [5.74, 6) is 0.0113. The first-order valence-electron chi connectivity index (χ1n) is 13.7. The fraction of sp³-hybridized carbons (Fsp3) is 0.235. The zero-order valence-electron chi connectivity index (χ0n) is 22.3. The topological polar surface area (TPSA) is 64.4 Å². The summed E-state index contributed by atoms with van der Waals surface area (Å²) in [4.78, 5) is 16.6. The average molecular weight is 551 g/mol. The van der Waals surface area contributed by atoms with E-state index in [2.05, 4.69) is 29.3 Å². The van der Waals surface area contributed by atoms with Gasteiger partial charge in [-0.25, -0.2) is 4.98 Å². The lowest BCUT2D eigenvalue weighted by molar-refractivity contribution is -0.137. The number of aromatic nitrogens is 2. The van der Waals surface area contributed by atoms with E-state index in [0.29, 0.717) is 24.6 Å². The van der Waals surface area contributed by atoms with Gasteiger partial charge in [0.1, 0.15) is 12.4 Å². The molecule has 0 spiro atoms. The van der Waals surface area contributed by atoms with E-state index in [1.165, 1.54) is 10.9 Å². The number of ether oxygens (including phenoxy) is 1. The van der Waals surface area contributed by atoms with Gasteiger partial charge in [0, 0.05) is 45.0 Å². The van der Waals surface area contributed by atoms with Crippen LogP contribution in [0.1, 0.15) is 53.3 Å². The molecule has 2 aromatic heterocycles. The number of carboxylic acids is 1. The predicted octanol–water partition coefficient (Wildman–Crippen LogP) is 8.09. The third-order valence-electron chi connectivity index (χ3n) is 7.86. The van der Waals surface area contributed by atoms with Gasteiger partial charge in [-0.2, -0.15) is 0 Å². The molecule has 0 aliphatic heterocycles. The molecule has 0 radical (unpaired) electrons. The minimum absolute atomic E-state index is 0.0382. The molecule has 1 atom stereocenters. The van der Waals surface area contributed by atoms with Gasteiger partial charge < -0.3 is 14.4 Å². The lowest BCUT2D eigenvalue weighted by Gasteiger charge is -2.25. The third kappa shape index (κ3) is 5.09. The van der Waals surface area contributed by atoms with E-state index >= 15 is 0 Å². The summed E-state index contributed by atoms with van der Waals surface area (Å²) in [5.41, 5.74) is 7.51. The van der Waals surface area contributed by atoms with Crippen LogP contribution < -0.4 is 4.74 Å². The zero-order valence-corrected chi connectivity index (χ0v) is 23.0. The largest absolute Gasteiger partial charge is 0.487 e. The van der Waals surface area contributed by atoms with Gasteiger partial charge in [0.05, 0.1) is 17.6 Å². The highest BCUT2D eigenvalue weighted by molar-refractivity contribution is 6.30. The molecule has 0 fully saturated rings. The van der Waals surface area contributed by atoms with Crippen LogP contribution in [0.5, 0.6) is 5.75 Å². The first-order chi connectivity index (χ1) is 19.5. The van der Waals surface area contributed by atoms with Crippen molar-refractivity contribution >= 4 is 39.4 Å². The van der Waals surface area contributed by atoms with Gasteiger partial charge in [-0.3, -0.25) is 4.79 Å². The van der Waals surface area contributed by atoms with Crippen LogP contribution in [0, 0.1) is 0 Å². The van der Waals surface area contributed by atoms with Crippen molar-refractivity contribution in [3.63, 3.8) is 0 Å². The molecule has 5 aromatic rings. The van der Waals surface area contributed by atoms with Crippen molar-refractivity contribution in [2.75, 3.05) is 0 Å². The molecule has 0 saturated carbocycles. The van der Waals surface area contributed by atoms with Crippen LogP contribution in [0.4, 0.5) is 0 Å². The number of hydrogen-bond donors (Lipinski definition) is 1. The number of pyridine rings is 1. The highest BCUT2D eigenvalue weighted by Gasteiger charge is 2.31. The Balaban J connectivity index is 1.45. The van der Waals surface area contributed by atoms with Crippen LogP contribution in [-0.4, -0.2) is 20.6 Å². The summed E-state index contributed by atoms with van der Waals surface area (Å²) in [7, 11) is 0. The predicted molar refractivity (Wildman–Crippen MR) is 160 cm³/mol. The highest BCUT2D eigenvalue weighted by Crippen LogP contribution is 2.44. The Labute approximate surface area is 238 Å². The Kier molecular flexibility index (Phi) is 7.31. The molecule has 6 rings (SSSR count). The number of nitrogens with zero attached hydrogens (tertiary/aromatic N) is 2. The Morgan fingerprint density at radius 1 is 1.10 bits per heavy atom. The van der Waals surface area contributed by atoms with E-state index < -0.39 is 5.97 Å². The molecule has 2 heterocycles. The van der Waals surface area contributed by atoms with Crippen molar-refractivity contribution in [2.24, 2.45) is 0 Å². The number of para-hydroxylation sites is 1. The van der Waals surface area contributed by atoms with Gasteiger partial charge in [-0.15, -0.1) is 6.58 Å². The minimum atomic E-state index is -0.764. The number of carboxylic acid groups (broad SMARTS) is 1. The second kappa shape index (κ2) is 11.2. The molecule has 40 heavy (non-hydrogen) atoms. The zero-order chi connectivity index (χ0) is 27.6. The van der Waals surface area contributed by atoms with Gasteiger partial charge in [-0.05, 0) is 73.2 Å². The van der Waals surface area contributed by atoms with Crippen molar-refractivity contribution in [1.82, 2.24) is 9.55 Å². The van der Waals surface area contributed by atoms with Crippen LogP contribution in [0.3, 0.4) is 0 Å². The van der Waals surface area contributed by atoms with Crippen molar-refractivity contribution < 1.29 is 14.6 Å². The molecule has 6 heteroatoms. The van der Waals surface area contributed by atoms with Crippen molar-refractivity contribution in [3.8, 4) is 5.75 Å². The van der Waals surface area contributed by atoms with E-state index in [1.54, 1.807) is 0 Å². The van der Waals surface area contributed by atoms with Crippen LogP contribution in [-0.2, 0) is 30.8 Å². The summed E-state index contributed by atoms with van der Waals surface area (Å²) in [6.07, 6.45) is 5.43. The molecule has 202 valence electrons. The molecule has 0 bridgehead atoms. The number of carbonyl (C=O) groups is 1. The number of rotatable bonds is 9. The first-order valence-corrected chi connectivity index (χ1v) is 14.1. The number of allylic oxidation sites excluding steroid dienone is 1. The van der Waals surface area contributed by atoms with E-state index in [1.807, 2.05) is 60.7 Å². The van der Waals surface area contributed by atoms with Gasteiger partial charge in [0.15, 0.2) is 0 Å².